The number of halogens is 1. The summed E-state index contributed by atoms with van der Waals surface area (Å²) in [5.41, 5.74) is 1.99. The molecular weight excluding hydrogens is 384 g/mol. The number of amides is 1. The molecule has 0 spiro atoms. The molecule has 1 amide bonds. The summed E-state index contributed by atoms with van der Waals surface area (Å²) in [5, 5.41) is 11.4. The zero-order valence-corrected chi connectivity index (χ0v) is 19.9. The van der Waals surface area contributed by atoms with Crippen molar-refractivity contribution in [3.05, 3.63) is 40.9 Å². The number of anilines is 1. The van der Waals surface area contributed by atoms with E-state index in [1.165, 1.54) is 0 Å². The van der Waals surface area contributed by atoms with E-state index in [1.54, 1.807) is 6.92 Å². The second-order valence-electron chi connectivity index (χ2n) is 8.13. The van der Waals surface area contributed by atoms with E-state index in [4.69, 9.17) is 11.6 Å². The Morgan fingerprint density at radius 3 is 2.21 bits per heavy atom. The zero-order valence-electron chi connectivity index (χ0n) is 19.2. The predicted molar refractivity (Wildman–Crippen MR) is 123 cm³/mol. The summed E-state index contributed by atoms with van der Waals surface area (Å²) in [4.78, 5) is 14.3. The Bertz CT molecular complexity index is 699. The van der Waals surface area contributed by atoms with Crippen LogP contribution in [0.5, 0.6) is 0 Å². The molecule has 1 aromatic rings. The number of hydrogen-bond acceptors (Lipinski definition) is 3. The van der Waals surface area contributed by atoms with Crippen LogP contribution in [0.4, 0.5) is 5.69 Å². The zero-order chi connectivity index (χ0) is 22.1. The van der Waals surface area contributed by atoms with Crippen LogP contribution >= 0.6 is 11.6 Å². The molecule has 0 aliphatic carbocycles. The van der Waals surface area contributed by atoms with E-state index in [2.05, 4.69) is 51.0 Å². The van der Waals surface area contributed by atoms with Gasteiger partial charge in [-0.1, -0.05) is 49.2 Å². The van der Waals surface area contributed by atoms with Gasteiger partial charge in [-0.25, -0.2) is 0 Å². The highest BCUT2D eigenvalue weighted by atomic mass is 35.5. The number of hydrogen-bond donors (Lipinski definition) is 0. The van der Waals surface area contributed by atoms with Crippen molar-refractivity contribution in [3.63, 3.8) is 0 Å². The van der Waals surface area contributed by atoms with Gasteiger partial charge in [0.15, 0.2) is 0 Å². The SMILES string of the molecule is C/C=C(\C)C(CCN(C)/N=N\C(C)[C@H](C)C(C)C)N(C(C)=O)c1ccc(Cl)cc1. The highest BCUT2D eigenvalue weighted by Crippen LogP contribution is 2.25. The van der Waals surface area contributed by atoms with E-state index in [9.17, 15) is 4.79 Å². The minimum Gasteiger partial charge on any atom is -0.305 e. The average Bonchev–Trinajstić information content (AvgIpc) is 2.68. The van der Waals surface area contributed by atoms with E-state index in [1.807, 2.05) is 48.1 Å². The van der Waals surface area contributed by atoms with Crippen molar-refractivity contribution in [2.45, 2.75) is 67.0 Å². The summed E-state index contributed by atoms with van der Waals surface area (Å²) >= 11 is 6.03. The molecule has 5 nitrogen and oxygen atoms in total. The first-order chi connectivity index (χ1) is 13.6. The topological polar surface area (TPSA) is 48.3 Å². The van der Waals surface area contributed by atoms with Gasteiger partial charge in [0.1, 0.15) is 0 Å². The first-order valence-electron chi connectivity index (χ1n) is 10.4. The molecule has 0 aliphatic heterocycles. The van der Waals surface area contributed by atoms with Crippen molar-refractivity contribution < 1.29 is 4.79 Å². The molecule has 2 unspecified atom stereocenters. The predicted octanol–water partition coefficient (Wildman–Crippen LogP) is 6.40. The molecule has 0 saturated heterocycles. The monoisotopic (exact) mass is 420 g/mol. The van der Waals surface area contributed by atoms with E-state index < -0.39 is 0 Å². The molecule has 0 radical (unpaired) electrons. The number of carbonyl (C=O) groups excluding carboxylic acids is 1. The van der Waals surface area contributed by atoms with Crippen LogP contribution in [0.1, 0.15) is 54.9 Å². The summed E-state index contributed by atoms with van der Waals surface area (Å²) in [6, 6.07) is 7.52. The van der Waals surface area contributed by atoms with Crippen molar-refractivity contribution in [1.82, 2.24) is 5.01 Å². The Balaban J connectivity index is 2.93. The molecule has 1 aromatic carbocycles. The third kappa shape index (κ3) is 7.81. The van der Waals surface area contributed by atoms with Crippen molar-refractivity contribution in [2.75, 3.05) is 18.5 Å². The number of allylic oxidation sites excluding steroid dienone is 1. The number of carbonyl (C=O) groups is 1. The van der Waals surface area contributed by atoms with Crippen LogP contribution in [0.2, 0.25) is 5.02 Å². The highest BCUT2D eigenvalue weighted by Gasteiger charge is 2.24. The molecule has 162 valence electrons. The molecule has 6 heteroatoms. The lowest BCUT2D eigenvalue weighted by Crippen LogP contribution is -2.41. The normalized spacial score (nSPS) is 15.4. The van der Waals surface area contributed by atoms with Crippen molar-refractivity contribution in [1.29, 1.82) is 0 Å². The maximum absolute atomic E-state index is 12.5. The van der Waals surface area contributed by atoms with Gasteiger partial charge in [-0.3, -0.25) is 9.80 Å². The highest BCUT2D eigenvalue weighted by molar-refractivity contribution is 6.30. The Hall–Kier alpha value is -1.88. The standard InChI is InChI=1S/C23H37ClN4O/c1-9-17(4)23(28(20(7)29)22-12-10-21(24)11-13-22)14-15-27(8)26-25-19(6)18(5)16(2)3/h9-13,16,18-19,23H,14-15H2,1-8H3/b17-9+,26-25-/t18-,19?,23?/m1/s1. The summed E-state index contributed by atoms with van der Waals surface area (Å²) in [6.45, 7) is 15.1. The molecule has 3 atom stereocenters. The van der Waals surface area contributed by atoms with Crippen molar-refractivity contribution in [2.24, 2.45) is 22.2 Å². The van der Waals surface area contributed by atoms with Crippen molar-refractivity contribution >= 4 is 23.2 Å². The first-order valence-corrected chi connectivity index (χ1v) is 10.8. The first kappa shape index (κ1) is 25.2. The van der Waals surface area contributed by atoms with Crippen LogP contribution in [0.25, 0.3) is 0 Å². The van der Waals surface area contributed by atoms with Crippen LogP contribution in [0.15, 0.2) is 46.3 Å². The Labute approximate surface area is 181 Å². The van der Waals surface area contributed by atoms with Gasteiger partial charge in [0.2, 0.25) is 5.91 Å². The molecule has 0 aromatic heterocycles. The van der Waals surface area contributed by atoms with Gasteiger partial charge in [0.05, 0.1) is 12.1 Å². The maximum Gasteiger partial charge on any atom is 0.224 e. The molecule has 1 rings (SSSR count). The minimum atomic E-state index is -0.0525. The Morgan fingerprint density at radius 2 is 1.72 bits per heavy atom. The quantitative estimate of drug-likeness (QED) is 0.250. The Morgan fingerprint density at radius 1 is 1.14 bits per heavy atom. The summed E-state index contributed by atoms with van der Waals surface area (Å²) < 4.78 is 0. The number of nitrogens with zero attached hydrogens (tertiary/aromatic N) is 4. The van der Waals surface area contributed by atoms with Crippen LogP contribution in [-0.2, 0) is 4.79 Å². The minimum absolute atomic E-state index is 0.00202. The molecule has 0 bridgehead atoms. The molecule has 0 saturated carbocycles. The Kier molecular flexibility index (Phi) is 10.4. The largest absolute Gasteiger partial charge is 0.305 e. The van der Waals surface area contributed by atoms with E-state index in [0.717, 1.165) is 17.7 Å². The fourth-order valence-electron chi connectivity index (χ4n) is 3.12. The summed E-state index contributed by atoms with van der Waals surface area (Å²) in [7, 11) is 1.93. The molecular formula is C23H37ClN4O. The van der Waals surface area contributed by atoms with Gasteiger partial charge in [-0.15, -0.1) is 0 Å². The molecule has 0 heterocycles. The van der Waals surface area contributed by atoms with Gasteiger partial charge in [-0.2, -0.15) is 5.11 Å². The van der Waals surface area contributed by atoms with E-state index in [0.29, 0.717) is 23.4 Å². The van der Waals surface area contributed by atoms with Gasteiger partial charge in [-0.05, 0) is 63.3 Å². The third-order valence-electron chi connectivity index (χ3n) is 5.66. The molecule has 0 fully saturated rings. The lowest BCUT2D eigenvalue weighted by atomic mass is 9.92. The number of benzene rings is 1. The summed E-state index contributed by atoms with van der Waals surface area (Å²) in [6.07, 6.45) is 2.81. The van der Waals surface area contributed by atoms with E-state index in [-0.39, 0.29) is 18.0 Å². The lowest BCUT2D eigenvalue weighted by molar-refractivity contribution is -0.116. The second-order valence-corrected chi connectivity index (χ2v) is 8.57. The van der Waals surface area contributed by atoms with Gasteiger partial charge < -0.3 is 4.90 Å². The van der Waals surface area contributed by atoms with Crippen LogP contribution in [0.3, 0.4) is 0 Å². The maximum atomic E-state index is 12.5. The fraction of sp³-hybridized carbons (Fsp3) is 0.609. The van der Waals surface area contributed by atoms with E-state index >= 15 is 0 Å². The van der Waals surface area contributed by atoms with Crippen LogP contribution in [-0.4, -0.2) is 36.6 Å². The van der Waals surface area contributed by atoms with Gasteiger partial charge in [0.25, 0.3) is 0 Å². The smallest absolute Gasteiger partial charge is 0.224 e. The second kappa shape index (κ2) is 12.0. The van der Waals surface area contributed by atoms with Crippen LogP contribution < -0.4 is 4.90 Å². The fourth-order valence-corrected chi connectivity index (χ4v) is 3.25. The molecule has 29 heavy (non-hydrogen) atoms. The lowest BCUT2D eigenvalue weighted by Gasteiger charge is -2.33. The average molecular weight is 421 g/mol. The van der Waals surface area contributed by atoms with Crippen LogP contribution in [0, 0.1) is 11.8 Å². The van der Waals surface area contributed by atoms with Gasteiger partial charge >= 0.3 is 0 Å². The van der Waals surface area contributed by atoms with Crippen molar-refractivity contribution in [3.8, 4) is 0 Å². The summed E-state index contributed by atoms with van der Waals surface area (Å²) in [5.74, 6) is 1.05. The molecule has 0 aliphatic rings. The number of rotatable bonds is 10. The third-order valence-corrected chi connectivity index (χ3v) is 5.91. The van der Waals surface area contributed by atoms with Gasteiger partial charge in [0, 0.05) is 31.2 Å². The molecule has 0 N–H and O–H groups in total.